The van der Waals surface area contributed by atoms with E-state index < -0.39 is 0 Å². The second kappa shape index (κ2) is 21.2. The fourth-order valence-corrected chi connectivity index (χ4v) is 13.3. The number of fused-ring (bicyclic) bond motifs is 10. The van der Waals surface area contributed by atoms with Gasteiger partial charge < -0.3 is 13.6 Å². The Morgan fingerprint density at radius 3 is 1.30 bits per heavy atom. The maximum absolute atomic E-state index is 6.89. The Bertz CT molecular complexity index is 5130. The van der Waals surface area contributed by atoms with Crippen LogP contribution >= 0.6 is 0 Å². The van der Waals surface area contributed by atoms with Crippen LogP contribution in [0, 0.1) is 0 Å². The van der Waals surface area contributed by atoms with Crippen molar-refractivity contribution in [1.29, 1.82) is 0 Å². The summed E-state index contributed by atoms with van der Waals surface area (Å²) in [7, 11) is 0. The van der Waals surface area contributed by atoms with Crippen LogP contribution in [0.1, 0.15) is 105 Å². The van der Waals surface area contributed by atoms with Gasteiger partial charge in [-0.15, -0.1) is 0 Å². The molecule has 5 aromatic heterocycles. The maximum Gasteiger partial charge on any atom is 0.164 e. The van der Waals surface area contributed by atoms with Gasteiger partial charge in [0.2, 0.25) is 0 Å². The van der Waals surface area contributed by atoms with Crippen LogP contribution in [0.4, 0.5) is 0 Å². The van der Waals surface area contributed by atoms with E-state index in [1.165, 1.54) is 22.3 Å². The van der Waals surface area contributed by atoms with Gasteiger partial charge in [-0.3, -0.25) is 4.98 Å². The number of hydrogen-bond acceptors (Lipinski definition) is 5. The molecule has 0 N–H and O–H groups in total. The minimum atomic E-state index is -0.141. The van der Waals surface area contributed by atoms with Gasteiger partial charge >= 0.3 is 0 Å². The summed E-state index contributed by atoms with van der Waals surface area (Å²) in [6.07, 6.45) is 3.96. The van der Waals surface area contributed by atoms with Gasteiger partial charge in [-0.25, -0.2) is 15.0 Å². The normalized spacial score (nSPS) is 12.6. The smallest absolute Gasteiger partial charge is 0.164 e. The third kappa shape index (κ3) is 10.1. The molecule has 15 rings (SSSR count). The SMILES string of the molecule is CC(C)(C)c1cc(-c2nc(-c3cc(C(C)(C)C)cc(C(C)(C)C)c3)nc(-c3ccc(-n4c5ccccc5c5c6oc7ccccc7c6ccc54)c(-c4ccncc4-n4c5ccc(-c6ccccc6)cc5c5cc(-c6ccccc6)ccc54)c3)n2)cc(C(C)(C)C)c1. The summed E-state index contributed by atoms with van der Waals surface area (Å²) in [5.74, 6) is 1.82. The first-order chi connectivity index (χ1) is 43.6. The zero-order chi connectivity index (χ0) is 62.9. The lowest BCUT2D eigenvalue weighted by Crippen LogP contribution is -2.17. The van der Waals surface area contributed by atoms with E-state index in [0.717, 1.165) is 127 Å². The van der Waals surface area contributed by atoms with E-state index in [4.69, 9.17) is 24.4 Å². The van der Waals surface area contributed by atoms with Crippen molar-refractivity contribution in [1.82, 2.24) is 29.1 Å². The average Bonchev–Trinajstić information content (AvgIpc) is 1.58. The van der Waals surface area contributed by atoms with Gasteiger partial charge in [-0.05, 0) is 163 Å². The van der Waals surface area contributed by atoms with Crippen LogP contribution < -0.4 is 0 Å². The van der Waals surface area contributed by atoms with Crippen molar-refractivity contribution < 1.29 is 4.42 Å². The van der Waals surface area contributed by atoms with Gasteiger partial charge in [-0.1, -0.05) is 204 Å². The van der Waals surface area contributed by atoms with Crippen LogP contribution in [0.15, 0.2) is 235 Å². The summed E-state index contributed by atoms with van der Waals surface area (Å²) in [5, 5.41) is 6.64. The molecular formula is C84H74N6O. The summed E-state index contributed by atoms with van der Waals surface area (Å²) < 4.78 is 11.7. The number of aromatic nitrogens is 6. The van der Waals surface area contributed by atoms with Crippen molar-refractivity contribution >= 4 is 65.6 Å². The van der Waals surface area contributed by atoms with E-state index in [2.05, 4.69) is 305 Å². The van der Waals surface area contributed by atoms with Crippen molar-refractivity contribution in [3.8, 4) is 78.9 Å². The summed E-state index contributed by atoms with van der Waals surface area (Å²) >= 11 is 0. The molecule has 91 heavy (non-hydrogen) atoms. The van der Waals surface area contributed by atoms with Crippen LogP contribution in [-0.2, 0) is 21.7 Å². The second-order valence-electron chi connectivity index (χ2n) is 28.8. The predicted octanol–water partition coefficient (Wildman–Crippen LogP) is 22.6. The van der Waals surface area contributed by atoms with E-state index in [1.807, 2.05) is 18.5 Å². The van der Waals surface area contributed by atoms with E-state index in [-0.39, 0.29) is 21.7 Å². The lowest BCUT2D eigenvalue weighted by molar-refractivity contribution is 0.568. The third-order valence-electron chi connectivity index (χ3n) is 18.5. The summed E-state index contributed by atoms with van der Waals surface area (Å²) in [4.78, 5) is 21.8. The zero-order valence-electron chi connectivity index (χ0n) is 54.0. The summed E-state index contributed by atoms with van der Waals surface area (Å²) in [6.45, 7) is 27.4. The van der Waals surface area contributed by atoms with E-state index in [0.29, 0.717) is 17.5 Å². The number of hydrogen-bond donors (Lipinski definition) is 0. The highest BCUT2D eigenvalue weighted by molar-refractivity contribution is 6.24. The molecular weight excluding hydrogens is 1110 g/mol. The Balaban J connectivity index is 1.04. The van der Waals surface area contributed by atoms with Gasteiger partial charge in [-0.2, -0.15) is 0 Å². The maximum atomic E-state index is 6.89. The van der Waals surface area contributed by atoms with Crippen LogP contribution in [0.25, 0.3) is 144 Å². The summed E-state index contributed by atoms with van der Waals surface area (Å²) in [6, 6.07) is 79.6. The van der Waals surface area contributed by atoms with Gasteiger partial charge in [0.05, 0.1) is 45.0 Å². The standard InChI is InChI=1S/C84H74N6O/c1-81(2,3)58-41-56(42-59(48-58)82(4,5)6)79-86-78(87-80(88-79)57-43-60(83(7,8)9)49-61(44-57)84(10,11)12)55-33-37-70(89-69-29-21-19-28-65(69)76-73(89)38-34-64-63-27-20-22-30-75(63)91-77(64)76)66(47-55)62-39-40-85-50-74(62)90-71-35-31-53(51-23-15-13-16-24-51)45-67(71)68-46-54(32-36-72(68)90)52-25-17-14-18-26-52/h13-50H,1-12H3. The molecule has 0 unspecified atom stereocenters. The number of nitrogens with zero attached hydrogens (tertiary/aromatic N) is 6. The lowest BCUT2D eigenvalue weighted by atomic mass is 9.79. The molecule has 7 nitrogen and oxygen atoms in total. The monoisotopic (exact) mass is 1180 g/mol. The van der Waals surface area contributed by atoms with Crippen LogP contribution in [0.5, 0.6) is 0 Å². The number of para-hydroxylation sites is 2. The Kier molecular flexibility index (Phi) is 13.3. The average molecular weight is 1180 g/mol. The molecule has 0 fully saturated rings. The highest BCUT2D eigenvalue weighted by atomic mass is 16.3. The van der Waals surface area contributed by atoms with Crippen molar-refractivity contribution in [2.24, 2.45) is 0 Å². The van der Waals surface area contributed by atoms with E-state index >= 15 is 0 Å². The quantitative estimate of drug-likeness (QED) is 0.152. The van der Waals surface area contributed by atoms with Crippen molar-refractivity contribution in [2.45, 2.75) is 105 Å². The summed E-state index contributed by atoms with van der Waals surface area (Å²) in [5.41, 5.74) is 21.6. The highest BCUT2D eigenvalue weighted by Crippen LogP contribution is 2.46. The second-order valence-corrected chi connectivity index (χ2v) is 28.8. The lowest BCUT2D eigenvalue weighted by Gasteiger charge is -2.26. The molecule has 0 saturated carbocycles. The third-order valence-corrected chi connectivity index (χ3v) is 18.5. The fraction of sp³-hybridized carbons (Fsp3) is 0.190. The highest BCUT2D eigenvalue weighted by Gasteiger charge is 2.28. The Morgan fingerprint density at radius 1 is 0.308 bits per heavy atom. The van der Waals surface area contributed by atoms with E-state index in [1.54, 1.807) is 0 Å². The molecule has 0 amide bonds. The number of rotatable bonds is 8. The minimum absolute atomic E-state index is 0.141. The number of benzene rings is 10. The first-order valence-electron chi connectivity index (χ1n) is 31.8. The molecule has 0 spiro atoms. The van der Waals surface area contributed by atoms with Crippen molar-refractivity contribution in [3.63, 3.8) is 0 Å². The van der Waals surface area contributed by atoms with Crippen molar-refractivity contribution in [3.05, 3.63) is 253 Å². The molecule has 10 aromatic carbocycles. The van der Waals surface area contributed by atoms with Crippen LogP contribution in [0.3, 0.4) is 0 Å². The molecule has 0 saturated heterocycles. The minimum Gasteiger partial charge on any atom is -0.455 e. The molecule has 0 radical (unpaired) electrons. The molecule has 0 aliphatic heterocycles. The molecule has 5 heterocycles. The Hall–Kier alpha value is -10.2. The predicted molar refractivity (Wildman–Crippen MR) is 381 cm³/mol. The first-order valence-corrected chi connectivity index (χ1v) is 31.8. The topological polar surface area (TPSA) is 74.6 Å². The molecule has 446 valence electrons. The van der Waals surface area contributed by atoms with Gasteiger partial charge in [0.15, 0.2) is 17.5 Å². The van der Waals surface area contributed by atoms with Gasteiger partial charge in [0.1, 0.15) is 11.2 Å². The molecule has 0 atom stereocenters. The zero-order valence-corrected chi connectivity index (χ0v) is 54.0. The molecule has 15 aromatic rings. The molecule has 0 aliphatic carbocycles. The van der Waals surface area contributed by atoms with Crippen molar-refractivity contribution in [2.75, 3.05) is 0 Å². The number of pyridine rings is 1. The Morgan fingerprint density at radius 2 is 0.758 bits per heavy atom. The molecule has 7 heteroatoms. The van der Waals surface area contributed by atoms with Gasteiger partial charge in [0.25, 0.3) is 0 Å². The van der Waals surface area contributed by atoms with Crippen LogP contribution in [-0.4, -0.2) is 29.1 Å². The van der Waals surface area contributed by atoms with Gasteiger partial charge in [0, 0.05) is 60.9 Å². The number of furan rings is 1. The largest absolute Gasteiger partial charge is 0.455 e. The molecule has 0 aliphatic rings. The first kappa shape index (κ1) is 57.2. The van der Waals surface area contributed by atoms with E-state index in [9.17, 15) is 0 Å². The fourth-order valence-electron chi connectivity index (χ4n) is 13.3. The van der Waals surface area contributed by atoms with Crippen LogP contribution in [0.2, 0.25) is 0 Å². The molecule has 0 bridgehead atoms. The Labute approximate surface area is 532 Å².